The molecule has 0 saturated heterocycles. The molecule has 4 rings (SSSR count). The lowest BCUT2D eigenvalue weighted by atomic mass is 9.94. The molecule has 1 aliphatic rings. The normalized spacial score (nSPS) is 15.4. The minimum absolute atomic E-state index is 0.199. The summed E-state index contributed by atoms with van der Waals surface area (Å²) in [5, 5.41) is 0. The van der Waals surface area contributed by atoms with Crippen LogP contribution in [-0.2, 0) is 9.53 Å². The van der Waals surface area contributed by atoms with E-state index in [9.17, 15) is 9.59 Å². The van der Waals surface area contributed by atoms with Crippen molar-refractivity contribution >= 4 is 23.4 Å². The molecule has 0 bridgehead atoms. The van der Waals surface area contributed by atoms with Crippen molar-refractivity contribution < 1.29 is 19.0 Å². The second kappa shape index (κ2) is 10.7. The third-order valence-corrected chi connectivity index (χ3v) is 6.46. The van der Waals surface area contributed by atoms with Gasteiger partial charge in [-0.1, -0.05) is 36.5 Å². The van der Waals surface area contributed by atoms with Gasteiger partial charge in [0.1, 0.15) is 6.04 Å². The number of fused-ring (bicyclic) bond motifs is 1. The highest BCUT2D eigenvalue weighted by atomic mass is 32.1. The maximum Gasteiger partial charge on any atom is 0.338 e. The first-order valence-electron chi connectivity index (χ1n) is 11.4. The van der Waals surface area contributed by atoms with Gasteiger partial charge in [0.2, 0.25) is 0 Å². The second-order valence-corrected chi connectivity index (χ2v) is 8.82. The number of hydrogen-bond acceptors (Lipinski definition) is 8. The number of pyridine rings is 1. The number of para-hydroxylation sites is 1. The van der Waals surface area contributed by atoms with E-state index in [0.29, 0.717) is 44.3 Å². The van der Waals surface area contributed by atoms with Gasteiger partial charge in [-0.25, -0.2) is 9.79 Å². The van der Waals surface area contributed by atoms with Crippen molar-refractivity contribution in [3.63, 3.8) is 0 Å². The zero-order valence-corrected chi connectivity index (χ0v) is 20.9. The molecule has 0 spiro atoms. The highest BCUT2D eigenvalue weighted by molar-refractivity contribution is 7.07. The summed E-state index contributed by atoms with van der Waals surface area (Å²) in [6.45, 7) is 6.15. The molecule has 8 nitrogen and oxygen atoms in total. The highest BCUT2D eigenvalue weighted by Crippen LogP contribution is 2.40. The molecule has 1 atom stereocenters. The van der Waals surface area contributed by atoms with E-state index in [2.05, 4.69) is 9.98 Å². The molecule has 0 N–H and O–H groups in total. The number of ether oxygens (including phenoxy) is 3. The minimum Gasteiger partial charge on any atom is -0.493 e. The van der Waals surface area contributed by atoms with Crippen LogP contribution in [0.2, 0.25) is 0 Å². The summed E-state index contributed by atoms with van der Waals surface area (Å²) in [6, 6.07) is 8.34. The molecule has 0 unspecified atom stereocenters. The van der Waals surface area contributed by atoms with E-state index in [1.54, 1.807) is 50.1 Å². The maximum atomic E-state index is 13.7. The van der Waals surface area contributed by atoms with Gasteiger partial charge in [0.05, 0.1) is 36.1 Å². The van der Waals surface area contributed by atoms with Gasteiger partial charge in [0, 0.05) is 18.0 Å². The zero-order valence-electron chi connectivity index (χ0n) is 20.1. The molecule has 9 heteroatoms. The van der Waals surface area contributed by atoms with E-state index < -0.39 is 12.0 Å². The average molecular weight is 494 g/mol. The quantitative estimate of drug-likeness (QED) is 0.448. The van der Waals surface area contributed by atoms with Crippen molar-refractivity contribution in [2.45, 2.75) is 33.2 Å². The van der Waals surface area contributed by atoms with Crippen molar-refractivity contribution in [3.8, 4) is 11.5 Å². The van der Waals surface area contributed by atoms with Gasteiger partial charge in [-0.15, -0.1) is 0 Å². The number of hydrogen-bond donors (Lipinski definition) is 0. The van der Waals surface area contributed by atoms with Gasteiger partial charge in [-0.2, -0.15) is 0 Å². The molecule has 1 aromatic carbocycles. The number of rotatable bonds is 8. The van der Waals surface area contributed by atoms with Crippen molar-refractivity contribution in [2.75, 3.05) is 20.3 Å². The fourth-order valence-electron chi connectivity index (χ4n) is 3.97. The fourth-order valence-corrected chi connectivity index (χ4v) is 5.01. The summed E-state index contributed by atoms with van der Waals surface area (Å²) in [4.78, 5) is 36.1. The number of esters is 1. The van der Waals surface area contributed by atoms with Crippen LogP contribution in [0.15, 0.2) is 63.8 Å². The Morgan fingerprint density at radius 2 is 2.06 bits per heavy atom. The molecule has 2 aromatic heterocycles. The lowest BCUT2D eigenvalue weighted by Gasteiger charge is -2.27. The van der Waals surface area contributed by atoms with Crippen LogP contribution >= 0.6 is 11.3 Å². The lowest BCUT2D eigenvalue weighted by molar-refractivity contribution is -0.139. The van der Waals surface area contributed by atoms with E-state index in [1.165, 1.54) is 11.3 Å². The predicted octanol–water partition coefficient (Wildman–Crippen LogP) is 2.99. The molecule has 182 valence electrons. The Bertz CT molecular complexity index is 1440. The van der Waals surface area contributed by atoms with Crippen molar-refractivity contribution in [1.82, 2.24) is 9.55 Å². The summed E-state index contributed by atoms with van der Waals surface area (Å²) in [7, 11) is 1.56. The van der Waals surface area contributed by atoms with E-state index in [0.717, 1.165) is 12.0 Å². The summed E-state index contributed by atoms with van der Waals surface area (Å²) in [6.07, 6.45) is 5.92. The topological polar surface area (TPSA) is 92.0 Å². The molecule has 0 saturated carbocycles. The first kappa shape index (κ1) is 24.4. The molecule has 0 fully saturated rings. The van der Waals surface area contributed by atoms with Crippen molar-refractivity contribution in [2.24, 2.45) is 4.99 Å². The number of carbonyl (C=O) groups excluding carboxylic acids is 1. The van der Waals surface area contributed by atoms with E-state index in [1.807, 2.05) is 31.2 Å². The van der Waals surface area contributed by atoms with Crippen LogP contribution in [0.1, 0.15) is 44.4 Å². The Balaban J connectivity index is 2.01. The van der Waals surface area contributed by atoms with Crippen LogP contribution in [0.25, 0.3) is 6.08 Å². The summed E-state index contributed by atoms with van der Waals surface area (Å²) >= 11 is 1.26. The van der Waals surface area contributed by atoms with Crippen LogP contribution < -0.4 is 24.4 Å². The Labute approximate surface area is 206 Å². The second-order valence-electron chi connectivity index (χ2n) is 7.82. The van der Waals surface area contributed by atoms with E-state index in [-0.39, 0.29) is 12.2 Å². The van der Waals surface area contributed by atoms with Gasteiger partial charge < -0.3 is 14.2 Å². The van der Waals surface area contributed by atoms with Gasteiger partial charge in [-0.3, -0.25) is 14.3 Å². The molecule has 35 heavy (non-hydrogen) atoms. The minimum atomic E-state index is -0.789. The molecule has 0 amide bonds. The molecule has 3 aromatic rings. The number of carbonyl (C=O) groups is 1. The number of thiazole rings is 1. The van der Waals surface area contributed by atoms with Crippen LogP contribution in [0, 0.1) is 0 Å². The average Bonchev–Trinajstić information content (AvgIpc) is 3.16. The van der Waals surface area contributed by atoms with Crippen LogP contribution in [0.3, 0.4) is 0 Å². The Morgan fingerprint density at radius 1 is 1.23 bits per heavy atom. The Hall–Kier alpha value is -3.72. The third-order valence-electron chi connectivity index (χ3n) is 5.47. The SMILES string of the molecule is CCCOc1c(OC)cccc1[C@@H]1C(C(=O)OCC)=C(C)N=c2s/c(=C/c3cccnc3)c(=O)n21. The van der Waals surface area contributed by atoms with E-state index in [4.69, 9.17) is 14.2 Å². The van der Waals surface area contributed by atoms with Gasteiger partial charge >= 0.3 is 5.97 Å². The molecular formula is C26H27N3O5S. The van der Waals surface area contributed by atoms with Gasteiger partial charge in [0.15, 0.2) is 16.3 Å². The van der Waals surface area contributed by atoms with Crippen molar-refractivity contribution in [3.05, 3.63) is 84.8 Å². The molecular weight excluding hydrogens is 466 g/mol. The van der Waals surface area contributed by atoms with Crippen LogP contribution in [-0.4, -0.2) is 35.8 Å². The number of nitrogens with zero attached hydrogens (tertiary/aromatic N) is 3. The third kappa shape index (κ3) is 4.77. The number of allylic oxidation sites excluding steroid dienone is 1. The molecule has 0 aliphatic carbocycles. The van der Waals surface area contributed by atoms with E-state index >= 15 is 0 Å². The number of benzene rings is 1. The number of aromatic nitrogens is 2. The first-order valence-corrected chi connectivity index (χ1v) is 12.2. The summed E-state index contributed by atoms with van der Waals surface area (Å²) in [5.41, 5.74) is 1.95. The fraction of sp³-hybridized carbons (Fsp3) is 0.308. The zero-order chi connectivity index (χ0) is 24.9. The standard InChI is InChI=1S/C26H27N3O5S/c1-5-13-34-23-18(10-7-11-19(23)32-4)22-21(25(31)33-6-2)16(3)28-26-29(22)24(30)20(35-26)14-17-9-8-12-27-15-17/h7-12,14-15,22H,5-6,13H2,1-4H3/b20-14+/t22-/m1/s1. The van der Waals surface area contributed by atoms with Crippen LogP contribution in [0.5, 0.6) is 11.5 Å². The summed E-state index contributed by atoms with van der Waals surface area (Å²) in [5.74, 6) is 0.482. The molecule has 0 radical (unpaired) electrons. The highest BCUT2D eigenvalue weighted by Gasteiger charge is 2.35. The smallest absolute Gasteiger partial charge is 0.338 e. The Morgan fingerprint density at radius 3 is 2.74 bits per heavy atom. The van der Waals surface area contributed by atoms with Crippen molar-refractivity contribution in [1.29, 1.82) is 0 Å². The van der Waals surface area contributed by atoms with Gasteiger partial charge in [0.25, 0.3) is 5.56 Å². The molecule has 1 aliphatic heterocycles. The van der Waals surface area contributed by atoms with Gasteiger partial charge in [-0.05, 0) is 44.0 Å². The first-order chi connectivity index (χ1) is 17.0. The lowest BCUT2D eigenvalue weighted by Crippen LogP contribution is -2.40. The summed E-state index contributed by atoms with van der Waals surface area (Å²) < 4.78 is 19.1. The Kier molecular flexibility index (Phi) is 7.45. The predicted molar refractivity (Wildman–Crippen MR) is 133 cm³/mol. The maximum absolute atomic E-state index is 13.7. The van der Waals surface area contributed by atoms with Crippen LogP contribution in [0.4, 0.5) is 0 Å². The largest absolute Gasteiger partial charge is 0.493 e. The number of methoxy groups -OCH3 is 1. The molecule has 3 heterocycles. The monoisotopic (exact) mass is 493 g/mol.